The number of nitrogens with zero attached hydrogens (tertiary/aromatic N) is 1. The van der Waals surface area contributed by atoms with E-state index in [1.165, 1.54) is 11.1 Å². The Morgan fingerprint density at radius 1 is 1.16 bits per heavy atom. The summed E-state index contributed by atoms with van der Waals surface area (Å²) >= 11 is 0. The molecule has 0 bridgehead atoms. The molecule has 0 aromatic heterocycles. The summed E-state index contributed by atoms with van der Waals surface area (Å²) in [6.45, 7) is 6.19. The molecule has 1 N–H and O–H groups in total. The van der Waals surface area contributed by atoms with Crippen LogP contribution in [0.2, 0.25) is 0 Å². The van der Waals surface area contributed by atoms with Crippen LogP contribution in [-0.2, 0) is 24.3 Å². The number of nitrogens with one attached hydrogen (secondary N) is 1. The Morgan fingerprint density at radius 3 is 2.80 bits per heavy atom. The van der Waals surface area contributed by atoms with Crippen molar-refractivity contribution < 1.29 is 9.18 Å². The lowest BCUT2D eigenvalue weighted by molar-refractivity contribution is -0.120. The van der Waals surface area contributed by atoms with Gasteiger partial charge in [0.25, 0.3) is 0 Å². The maximum absolute atomic E-state index is 14.5. The average molecular weight is 338 g/mol. The van der Waals surface area contributed by atoms with E-state index in [0.717, 1.165) is 30.8 Å². The number of benzene rings is 2. The third-order valence-corrected chi connectivity index (χ3v) is 5.65. The van der Waals surface area contributed by atoms with Gasteiger partial charge in [-0.25, -0.2) is 4.39 Å². The summed E-state index contributed by atoms with van der Waals surface area (Å²) in [5, 5.41) is 3.33. The molecule has 2 aliphatic rings. The van der Waals surface area contributed by atoms with E-state index in [1.54, 1.807) is 6.92 Å². The molecule has 0 spiro atoms. The number of fused-ring (bicyclic) bond motifs is 1. The van der Waals surface area contributed by atoms with Crippen molar-refractivity contribution in [3.63, 3.8) is 0 Å². The lowest BCUT2D eigenvalue weighted by Gasteiger charge is -2.18. The van der Waals surface area contributed by atoms with Crippen LogP contribution in [0.15, 0.2) is 30.3 Å². The van der Waals surface area contributed by atoms with E-state index in [2.05, 4.69) is 17.4 Å². The minimum Gasteiger partial charge on any atom is -0.312 e. The normalized spacial score (nSPS) is 19.6. The maximum atomic E-state index is 14.5. The van der Waals surface area contributed by atoms with Crippen LogP contribution >= 0.6 is 0 Å². The van der Waals surface area contributed by atoms with Crippen molar-refractivity contribution in [3.8, 4) is 0 Å². The van der Waals surface area contributed by atoms with E-state index in [9.17, 15) is 9.18 Å². The van der Waals surface area contributed by atoms with Gasteiger partial charge in [-0.15, -0.1) is 0 Å². The molecule has 1 saturated heterocycles. The zero-order valence-corrected chi connectivity index (χ0v) is 14.7. The lowest BCUT2D eigenvalue weighted by atomic mass is 9.95. The first-order chi connectivity index (χ1) is 12.0. The van der Waals surface area contributed by atoms with E-state index in [1.807, 2.05) is 30.0 Å². The molecule has 25 heavy (non-hydrogen) atoms. The molecule has 1 fully saturated rings. The number of halogens is 1. The van der Waals surface area contributed by atoms with E-state index in [4.69, 9.17) is 0 Å². The molecule has 1 amide bonds. The van der Waals surface area contributed by atoms with Crippen LogP contribution in [0.3, 0.4) is 0 Å². The molecule has 130 valence electrons. The predicted molar refractivity (Wildman–Crippen MR) is 97.0 cm³/mol. The van der Waals surface area contributed by atoms with Crippen molar-refractivity contribution in [1.29, 1.82) is 0 Å². The Labute approximate surface area is 147 Å². The molecule has 3 nitrogen and oxygen atoms in total. The third-order valence-electron chi connectivity index (χ3n) is 5.65. The Hall–Kier alpha value is -2.20. The van der Waals surface area contributed by atoms with Crippen LogP contribution in [-0.4, -0.2) is 12.5 Å². The molecule has 4 rings (SSSR count). The van der Waals surface area contributed by atoms with Crippen LogP contribution in [0.5, 0.6) is 0 Å². The molecule has 1 unspecified atom stereocenters. The molecule has 4 heteroatoms. The van der Waals surface area contributed by atoms with E-state index < -0.39 is 0 Å². The zero-order chi connectivity index (χ0) is 17.6. The molecular formula is C21H23FN2O. The summed E-state index contributed by atoms with van der Waals surface area (Å²) in [6.07, 6.45) is 1.26. The van der Waals surface area contributed by atoms with Crippen molar-refractivity contribution in [2.45, 2.75) is 39.8 Å². The highest BCUT2D eigenvalue weighted by atomic mass is 19.1. The van der Waals surface area contributed by atoms with Gasteiger partial charge < -0.3 is 10.2 Å². The molecule has 1 atom stereocenters. The molecule has 2 aromatic carbocycles. The summed E-state index contributed by atoms with van der Waals surface area (Å²) < 4.78 is 14.5. The number of carbonyl (C=O) groups is 1. The second-order valence-electron chi connectivity index (χ2n) is 7.22. The fraction of sp³-hybridized carbons (Fsp3) is 0.381. The van der Waals surface area contributed by atoms with Crippen LogP contribution in [0.1, 0.15) is 34.2 Å². The van der Waals surface area contributed by atoms with Crippen LogP contribution < -0.4 is 10.2 Å². The molecule has 0 aliphatic carbocycles. The number of hydrogen-bond donors (Lipinski definition) is 1. The van der Waals surface area contributed by atoms with Crippen molar-refractivity contribution in [2.75, 3.05) is 11.4 Å². The molecule has 2 aliphatic heterocycles. The van der Waals surface area contributed by atoms with Gasteiger partial charge in [0.05, 0.1) is 0 Å². The number of hydrogen-bond acceptors (Lipinski definition) is 2. The summed E-state index contributed by atoms with van der Waals surface area (Å²) in [6, 6.07) is 10.0. The maximum Gasteiger partial charge on any atom is 0.230 e. The van der Waals surface area contributed by atoms with E-state index >= 15 is 0 Å². The largest absolute Gasteiger partial charge is 0.312 e. The van der Waals surface area contributed by atoms with Crippen molar-refractivity contribution in [1.82, 2.24) is 5.32 Å². The number of anilines is 1. The fourth-order valence-electron chi connectivity index (χ4n) is 3.89. The van der Waals surface area contributed by atoms with Gasteiger partial charge in [0.15, 0.2) is 0 Å². The van der Waals surface area contributed by atoms with Gasteiger partial charge in [-0.1, -0.05) is 18.2 Å². The number of rotatable bonds is 3. The van der Waals surface area contributed by atoms with Gasteiger partial charge in [-0.2, -0.15) is 0 Å². The predicted octanol–water partition coefficient (Wildman–Crippen LogP) is 3.64. The number of carbonyl (C=O) groups excluding carboxylic acids is 1. The van der Waals surface area contributed by atoms with Crippen molar-refractivity contribution in [2.24, 2.45) is 5.92 Å². The lowest BCUT2D eigenvalue weighted by Crippen LogP contribution is -2.28. The number of amides is 1. The Bertz CT molecular complexity index is 846. The second-order valence-corrected chi connectivity index (χ2v) is 7.22. The van der Waals surface area contributed by atoms with Gasteiger partial charge in [0, 0.05) is 31.2 Å². The standard InChI is InChI=1S/C21H23FN2O/c1-13-3-4-15(20(22)14(13)2)9-16-7-8-24(21(16)25)19-6-5-17-11-23-12-18(17)10-19/h3-6,10,16,23H,7-9,11-12H2,1-2H3. The number of aryl methyl sites for hydroxylation is 1. The first-order valence-corrected chi connectivity index (χ1v) is 8.93. The molecule has 2 aromatic rings. The molecule has 0 radical (unpaired) electrons. The average Bonchev–Trinajstić information content (AvgIpc) is 3.21. The Kier molecular flexibility index (Phi) is 4.08. The van der Waals surface area contributed by atoms with Crippen molar-refractivity contribution >= 4 is 11.6 Å². The van der Waals surface area contributed by atoms with Gasteiger partial charge >= 0.3 is 0 Å². The van der Waals surface area contributed by atoms with Crippen LogP contribution in [0.25, 0.3) is 0 Å². The highest BCUT2D eigenvalue weighted by molar-refractivity contribution is 5.97. The van der Waals surface area contributed by atoms with Gasteiger partial charge in [0.2, 0.25) is 5.91 Å². The van der Waals surface area contributed by atoms with E-state index in [-0.39, 0.29) is 17.6 Å². The highest BCUT2D eigenvalue weighted by Crippen LogP contribution is 2.31. The van der Waals surface area contributed by atoms with Gasteiger partial charge in [-0.05, 0) is 66.6 Å². The highest BCUT2D eigenvalue weighted by Gasteiger charge is 2.33. The third kappa shape index (κ3) is 2.85. The molecule has 0 saturated carbocycles. The first kappa shape index (κ1) is 16.3. The van der Waals surface area contributed by atoms with E-state index in [0.29, 0.717) is 24.1 Å². The summed E-state index contributed by atoms with van der Waals surface area (Å²) in [4.78, 5) is 14.7. The minimum atomic E-state index is -0.158. The second kappa shape index (κ2) is 6.26. The minimum absolute atomic E-state index is 0.114. The van der Waals surface area contributed by atoms with Crippen LogP contribution in [0, 0.1) is 25.6 Å². The van der Waals surface area contributed by atoms with Gasteiger partial charge in [0.1, 0.15) is 5.82 Å². The summed E-state index contributed by atoms with van der Waals surface area (Å²) in [5.41, 5.74) is 5.84. The zero-order valence-electron chi connectivity index (χ0n) is 14.7. The SMILES string of the molecule is Cc1ccc(CC2CCN(c3ccc4c(c3)CNC4)C2=O)c(F)c1C. The topological polar surface area (TPSA) is 32.3 Å². The fourth-order valence-corrected chi connectivity index (χ4v) is 3.89. The monoisotopic (exact) mass is 338 g/mol. The first-order valence-electron chi connectivity index (χ1n) is 8.93. The quantitative estimate of drug-likeness (QED) is 0.927. The molecular weight excluding hydrogens is 315 g/mol. The summed E-state index contributed by atoms with van der Waals surface area (Å²) in [5.74, 6) is -0.179. The Morgan fingerprint density at radius 2 is 1.96 bits per heavy atom. The van der Waals surface area contributed by atoms with Crippen molar-refractivity contribution in [3.05, 3.63) is 64.0 Å². The summed E-state index contributed by atoms with van der Waals surface area (Å²) in [7, 11) is 0. The van der Waals surface area contributed by atoms with Crippen LogP contribution in [0.4, 0.5) is 10.1 Å². The smallest absolute Gasteiger partial charge is 0.230 e. The Balaban J connectivity index is 1.53. The molecule has 2 heterocycles. The van der Waals surface area contributed by atoms with Gasteiger partial charge in [-0.3, -0.25) is 4.79 Å².